The molecule has 1 rings (SSSR count). The number of nitro benzene ring substituents is 1. The highest BCUT2D eigenvalue weighted by molar-refractivity contribution is 7.84. The molecule has 0 fully saturated rings. The molecule has 1 aromatic carbocycles. The SMILES string of the molecule is Cc1cc([N+](=O)[O-])c(Cl)cc1NCCC(C)S(C)=O. The second-order valence-corrected chi connectivity index (χ2v) is 6.61. The largest absolute Gasteiger partial charge is 0.385 e. The molecule has 5 nitrogen and oxygen atoms in total. The fraction of sp³-hybridized carbons (Fsp3) is 0.500. The van der Waals surface area contributed by atoms with Crippen molar-refractivity contribution in [2.45, 2.75) is 25.5 Å². The van der Waals surface area contributed by atoms with Crippen molar-refractivity contribution in [2.24, 2.45) is 0 Å². The normalized spacial score (nSPS) is 13.9. The van der Waals surface area contributed by atoms with Gasteiger partial charge in [-0.05, 0) is 25.0 Å². The molecule has 1 aromatic rings. The quantitative estimate of drug-likeness (QED) is 0.647. The topological polar surface area (TPSA) is 72.2 Å². The van der Waals surface area contributed by atoms with Crippen LogP contribution >= 0.6 is 11.6 Å². The van der Waals surface area contributed by atoms with E-state index >= 15 is 0 Å². The Morgan fingerprint density at radius 3 is 2.68 bits per heavy atom. The van der Waals surface area contributed by atoms with Gasteiger partial charge >= 0.3 is 0 Å². The van der Waals surface area contributed by atoms with Crippen molar-refractivity contribution in [3.05, 3.63) is 32.8 Å². The maximum Gasteiger partial charge on any atom is 0.288 e. The maximum absolute atomic E-state index is 11.2. The molecule has 0 bridgehead atoms. The first-order chi connectivity index (χ1) is 8.82. The van der Waals surface area contributed by atoms with Crippen LogP contribution in [0.4, 0.5) is 11.4 Å². The first-order valence-corrected chi connectivity index (χ1v) is 7.83. The smallest absolute Gasteiger partial charge is 0.288 e. The lowest BCUT2D eigenvalue weighted by molar-refractivity contribution is -0.384. The number of aryl methyl sites for hydroxylation is 1. The Kier molecular flexibility index (Phi) is 5.75. The Balaban J connectivity index is 2.72. The third-order valence-corrected chi connectivity index (χ3v) is 4.60. The van der Waals surface area contributed by atoms with E-state index in [1.54, 1.807) is 19.2 Å². The molecule has 0 heterocycles. The zero-order chi connectivity index (χ0) is 14.6. The molecule has 0 radical (unpaired) electrons. The fourth-order valence-electron chi connectivity index (χ4n) is 1.57. The predicted molar refractivity (Wildman–Crippen MR) is 79.5 cm³/mol. The van der Waals surface area contributed by atoms with E-state index in [-0.39, 0.29) is 16.0 Å². The monoisotopic (exact) mass is 304 g/mol. The molecular weight excluding hydrogens is 288 g/mol. The summed E-state index contributed by atoms with van der Waals surface area (Å²) in [4.78, 5) is 10.2. The lowest BCUT2D eigenvalue weighted by Gasteiger charge is -2.12. The molecule has 0 aliphatic rings. The fourth-order valence-corrected chi connectivity index (χ4v) is 2.26. The number of nitrogens with zero attached hydrogens (tertiary/aromatic N) is 1. The molecule has 0 aliphatic carbocycles. The van der Waals surface area contributed by atoms with Crippen molar-refractivity contribution in [1.82, 2.24) is 0 Å². The van der Waals surface area contributed by atoms with Crippen LogP contribution in [-0.4, -0.2) is 27.2 Å². The van der Waals surface area contributed by atoms with Gasteiger partial charge in [0.2, 0.25) is 0 Å². The minimum Gasteiger partial charge on any atom is -0.385 e. The molecule has 0 spiro atoms. The van der Waals surface area contributed by atoms with Crippen molar-refractivity contribution in [3.8, 4) is 0 Å². The van der Waals surface area contributed by atoms with Gasteiger partial charge in [0, 0.05) is 40.6 Å². The van der Waals surface area contributed by atoms with Gasteiger partial charge in [0.25, 0.3) is 5.69 Å². The molecule has 0 aliphatic heterocycles. The number of anilines is 1. The molecule has 0 aromatic heterocycles. The lowest BCUT2D eigenvalue weighted by Crippen LogP contribution is -2.15. The summed E-state index contributed by atoms with van der Waals surface area (Å²) in [6.07, 6.45) is 2.44. The average molecular weight is 305 g/mol. The number of benzene rings is 1. The summed E-state index contributed by atoms with van der Waals surface area (Å²) in [5.41, 5.74) is 1.44. The molecule has 2 atom stereocenters. The molecule has 106 valence electrons. The van der Waals surface area contributed by atoms with Crippen molar-refractivity contribution < 1.29 is 9.13 Å². The maximum atomic E-state index is 11.2. The van der Waals surface area contributed by atoms with Gasteiger partial charge in [-0.25, -0.2) is 0 Å². The number of hydrogen-bond donors (Lipinski definition) is 1. The lowest BCUT2D eigenvalue weighted by atomic mass is 10.1. The van der Waals surface area contributed by atoms with Crippen LogP contribution in [0.2, 0.25) is 5.02 Å². The molecule has 2 unspecified atom stereocenters. The van der Waals surface area contributed by atoms with E-state index in [0.29, 0.717) is 6.54 Å². The van der Waals surface area contributed by atoms with Crippen LogP contribution in [-0.2, 0) is 10.8 Å². The number of hydrogen-bond acceptors (Lipinski definition) is 4. The van der Waals surface area contributed by atoms with E-state index in [0.717, 1.165) is 17.7 Å². The van der Waals surface area contributed by atoms with Gasteiger partial charge < -0.3 is 5.32 Å². The van der Waals surface area contributed by atoms with Crippen molar-refractivity contribution >= 4 is 33.8 Å². The second kappa shape index (κ2) is 6.86. The summed E-state index contributed by atoms with van der Waals surface area (Å²) in [5, 5.41) is 14.1. The summed E-state index contributed by atoms with van der Waals surface area (Å²) in [6, 6.07) is 3.01. The Bertz CT molecular complexity index is 508. The third-order valence-electron chi connectivity index (χ3n) is 2.92. The van der Waals surface area contributed by atoms with Crippen LogP contribution in [0.15, 0.2) is 12.1 Å². The summed E-state index contributed by atoms with van der Waals surface area (Å²) in [7, 11) is -0.843. The molecule has 7 heteroatoms. The third kappa shape index (κ3) is 4.47. The Hall–Kier alpha value is -1.14. The van der Waals surface area contributed by atoms with Gasteiger partial charge in [-0.1, -0.05) is 18.5 Å². The molecule has 1 N–H and O–H groups in total. The van der Waals surface area contributed by atoms with Crippen LogP contribution in [0.1, 0.15) is 18.9 Å². The average Bonchev–Trinajstić information content (AvgIpc) is 2.32. The minimum atomic E-state index is -0.843. The number of halogens is 1. The van der Waals surface area contributed by atoms with Crippen molar-refractivity contribution in [2.75, 3.05) is 18.1 Å². The standard InChI is InChI=1S/C12H17ClN2O3S/c1-8-6-12(15(16)17)10(13)7-11(8)14-5-4-9(2)19(3)18/h6-7,9,14H,4-5H2,1-3H3. The second-order valence-electron chi connectivity index (χ2n) is 4.40. The first kappa shape index (κ1) is 15.9. The molecule has 0 amide bonds. The van der Waals surface area contributed by atoms with Gasteiger partial charge in [-0.3, -0.25) is 14.3 Å². The van der Waals surface area contributed by atoms with E-state index in [1.165, 1.54) is 6.07 Å². The highest BCUT2D eigenvalue weighted by atomic mass is 35.5. The first-order valence-electron chi connectivity index (χ1n) is 5.83. The van der Waals surface area contributed by atoms with Gasteiger partial charge in [-0.2, -0.15) is 0 Å². The Morgan fingerprint density at radius 1 is 1.53 bits per heavy atom. The number of nitro groups is 1. The number of rotatable bonds is 6. The highest BCUT2D eigenvalue weighted by Gasteiger charge is 2.15. The molecular formula is C12H17ClN2O3S. The van der Waals surface area contributed by atoms with Crippen LogP contribution < -0.4 is 5.32 Å². The summed E-state index contributed by atoms with van der Waals surface area (Å²) < 4.78 is 11.2. The van der Waals surface area contributed by atoms with Gasteiger partial charge in [0.15, 0.2) is 0 Å². The predicted octanol–water partition coefficient (Wildman–Crippen LogP) is 3.13. The van der Waals surface area contributed by atoms with Crippen LogP contribution in [0.25, 0.3) is 0 Å². The molecule has 0 saturated heterocycles. The van der Waals surface area contributed by atoms with Crippen LogP contribution in [0, 0.1) is 17.0 Å². The Labute approximate surface area is 120 Å². The summed E-state index contributed by atoms with van der Waals surface area (Å²) in [5.74, 6) is 0. The van der Waals surface area contributed by atoms with Gasteiger partial charge in [0.1, 0.15) is 5.02 Å². The van der Waals surface area contributed by atoms with Crippen molar-refractivity contribution in [3.63, 3.8) is 0 Å². The minimum absolute atomic E-state index is 0.0900. The van der Waals surface area contributed by atoms with E-state index in [2.05, 4.69) is 5.32 Å². The zero-order valence-electron chi connectivity index (χ0n) is 11.1. The summed E-state index contributed by atoms with van der Waals surface area (Å²) >= 11 is 5.86. The molecule has 19 heavy (non-hydrogen) atoms. The molecule has 0 saturated carbocycles. The number of nitrogens with one attached hydrogen (secondary N) is 1. The zero-order valence-corrected chi connectivity index (χ0v) is 12.7. The van der Waals surface area contributed by atoms with E-state index in [4.69, 9.17) is 11.6 Å². The summed E-state index contributed by atoms with van der Waals surface area (Å²) in [6.45, 7) is 4.36. The van der Waals surface area contributed by atoms with Gasteiger partial charge in [-0.15, -0.1) is 0 Å². The Morgan fingerprint density at radius 2 is 2.16 bits per heavy atom. The van der Waals surface area contributed by atoms with Crippen LogP contribution in [0.5, 0.6) is 0 Å². The van der Waals surface area contributed by atoms with Crippen molar-refractivity contribution in [1.29, 1.82) is 0 Å². The van der Waals surface area contributed by atoms with E-state index in [1.807, 2.05) is 6.92 Å². The highest BCUT2D eigenvalue weighted by Crippen LogP contribution is 2.30. The van der Waals surface area contributed by atoms with Crippen LogP contribution in [0.3, 0.4) is 0 Å². The van der Waals surface area contributed by atoms with E-state index in [9.17, 15) is 14.3 Å². The van der Waals surface area contributed by atoms with Gasteiger partial charge in [0.05, 0.1) is 4.92 Å². The van der Waals surface area contributed by atoms with E-state index < -0.39 is 15.7 Å².